The minimum atomic E-state index is -1.00. The summed E-state index contributed by atoms with van der Waals surface area (Å²) in [5.41, 5.74) is 1.44. The van der Waals surface area contributed by atoms with Crippen LogP contribution in [0.4, 0.5) is 0 Å². The SMILES string of the molecule is O=C(Oc1cccc2cccnc12)[C@@H](Cc1ccccc1)N1C(=O)[C@@H]2[C@H]3CC[C@H](C3)[C@@H]2C1=O. The summed E-state index contributed by atoms with van der Waals surface area (Å²) in [5.74, 6) is -0.712. The zero-order chi connectivity index (χ0) is 22.5. The van der Waals surface area contributed by atoms with Gasteiger partial charge in [0.1, 0.15) is 11.6 Å². The number of carbonyl (C=O) groups excluding carboxylic acids is 3. The number of aromatic nitrogens is 1. The maximum Gasteiger partial charge on any atom is 0.335 e. The van der Waals surface area contributed by atoms with Crippen molar-refractivity contribution in [3.8, 4) is 5.75 Å². The average Bonchev–Trinajstić information content (AvgIpc) is 3.52. The molecule has 0 N–H and O–H groups in total. The Morgan fingerprint density at radius 2 is 1.64 bits per heavy atom. The Bertz CT molecular complexity index is 1220. The second-order valence-corrected chi connectivity index (χ2v) is 9.39. The molecule has 2 bridgehead atoms. The molecule has 0 spiro atoms. The minimum Gasteiger partial charge on any atom is -0.423 e. The smallest absolute Gasteiger partial charge is 0.335 e. The van der Waals surface area contributed by atoms with Crippen LogP contribution in [0.1, 0.15) is 24.8 Å². The van der Waals surface area contributed by atoms with Gasteiger partial charge < -0.3 is 4.74 Å². The van der Waals surface area contributed by atoms with Crippen molar-refractivity contribution in [3.63, 3.8) is 0 Å². The summed E-state index contributed by atoms with van der Waals surface area (Å²) in [6.07, 6.45) is 4.81. The van der Waals surface area contributed by atoms with Gasteiger partial charge in [0.25, 0.3) is 0 Å². The Hall–Kier alpha value is -3.54. The first-order chi connectivity index (χ1) is 16.1. The number of hydrogen-bond donors (Lipinski definition) is 0. The molecule has 0 unspecified atom stereocenters. The van der Waals surface area contributed by atoms with E-state index < -0.39 is 12.0 Å². The number of para-hydroxylation sites is 1. The van der Waals surface area contributed by atoms with Gasteiger partial charge in [0.15, 0.2) is 5.75 Å². The van der Waals surface area contributed by atoms with Crippen LogP contribution in [0.2, 0.25) is 0 Å². The van der Waals surface area contributed by atoms with Gasteiger partial charge in [0.2, 0.25) is 11.8 Å². The van der Waals surface area contributed by atoms with Crippen LogP contribution in [0.25, 0.3) is 10.9 Å². The van der Waals surface area contributed by atoms with Gasteiger partial charge in [-0.1, -0.05) is 48.5 Å². The number of pyridine rings is 1. The summed E-state index contributed by atoms with van der Waals surface area (Å²) in [6.45, 7) is 0. The van der Waals surface area contributed by atoms with E-state index in [2.05, 4.69) is 4.98 Å². The number of hydrogen-bond acceptors (Lipinski definition) is 5. The molecule has 3 fully saturated rings. The third-order valence-electron chi connectivity index (χ3n) is 7.62. The molecule has 2 amide bonds. The van der Waals surface area contributed by atoms with Crippen molar-refractivity contribution in [2.24, 2.45) is 23.7 Å². The fourth-order valence-electron chi connectivity index (χ4n) is 6.19. The van der Waals surface area contributed by atoms with E-state index in [1.165, 1.54) is 4.90 Å². The van der Waals surface area contributed by atoms with Gasteiger partial charge in [-0.05, 0) is 48.8 Å². The molecule has 2 heterocycles. The molecular formula is C27H24N2O4. The molecule has 0 radical (unpaired) electrons. The Morgan fingerprint density at radius 3 is 2.36 bits per heavy atom. The number of esters is 1. The lowest BCUT2D eigenvalue weighted by atomic mass is 9.81. The summed E-state index contributed by atoms with van der Waals surface area (Å²) < 4.78 is 5.81. The number of fused-ring (bicyclic) bond motifs is 6. The van der Waals surface area contributed by atoms with Crippen molar-refractivity contribution < 1.29 is 19.1 Å². The van der Waals surface area contributed by atoms with Crippen molar-refractivity contribution >= 4 is 28.7 Å². The van der Waals surface area contributed by atoms with E-state index in [1.54, 1.807) is 18.3 Å². The largest absolute Gasteiger partial charge is 0.423 e. The quantitative estimate of drug-likeness (QED) is 0.343. The number of nitrogens with zero attached hydrogens (tertiary/aromatic N) is 2. The van der Waals surface area contributed by atoms with E-state index in [-0.39, 0.29) is 41.9 Å². The highest BCUT2D eigenvalue weighted by Gasteiger charge is 2.62. The molecule has 1 aromatic heterocycles. The molecule has 3 aliphatic rings. The van der Waals surface area contributed by atoms with E-state index in [9.17, 15) is 14.4 Å². The van der Waals surface area contributed by atoms with Crippen LogP contribution < -0.4 is 4.74 Å². The highest BCUT2D eigenvalue weighted by atomic mass is 16.5. The predicted octanol–water partition coefficient (Wildman–Crippen LogP) is 3.78. The van der Waals surface area contributed by atoms with Crippen molar-refractivity contribution in [2.75, 3.05) is 0 Å². The molecule has 6 heteroatoms. The second kappa shape index (κ2) is 7.80. The zero-order valence-electron chi connectivity index (χ0n) is 18.1. The van der Waals surface area contributed by atoms with Crippen LogP contribution in [0, 0.1) is 23.7 Å². The molecule has 6 nitrogen and oxygen atoms in total. The van der Waals surface area contributed by atoms with Gasteiger partial charge >= 0.3 is 5.97 Å². The lowest BCUT2D eigenvalue weighted by molar-refractivity contribution is -0.154. The monoisotopic (exact) mass is 440 g/mol. The minimum absolute atomic E-state index is 0.203. The average molecular weight is 440 g/mol. The van der Waals surface area contributed by atoms with E-state index in [0.29, 0.717) is 11.3 Å². The van der Waals surface area contributed by atoms with Crippen LogP contribution in [0.3, 0.4) is 0 Å². The first-order valence-corrected chi connectivity index (χ1v) is 11.6. The zero-order valence-corrected chi connectivity index (χ0v) is 18.1. The van der Waals surface area contributed by atoms with E-state index in [1.807, 2.05) is 48.5 Å². The van der Waals surface area contributed by atoms with Gasteiger partial charge in [-0.15, -0.1) is 0 Å². The fraction of sp³-hybridized carbons (Fsp3) is 0.333. The van der Waals surface area contributed by atoms with Crippen LogP contribution >= 0.6 is 0 Å². The first-order valence-electron chi connectivity index (χ1n) is 11.6. The van der Waals surface area contributed by atoms with Crippen LogP contribution in [-0.4, -0.2) is 33.7 Å². The maximum absolute atomic E-state index is 13.5. The van der Waals surface area contributed by atoms with E-state index >= 15 is 0 Å². The topological polar surface area (TPSA) is 76.6 Å². The Kier molecular flexibility index (Phi) is 4.75. The van der Waals surface area contributed by atoms with Crippen LogP contribution in [0.15, 0.2) is 66.9 Å². The van der Waals surface area contributed by atoms with Crippen LogP contribution in [-0.2, 0) is 20.8 Å². The Balaban J connectivity index is 1.35. The molecule has 1 saturated heterocycles. The summed E-state index contributed by atoms with van der Waals surface area (Å²) in [7, 11) is 0. The van der Waals surface area contributed by atoms with Gasteiger partial charge in [-0.2, -0.15) is 0 Å². The van der Waals surface area contributed by atoms with Crippen LogP contribution in [0.5, 0.6) is 5.75 Å². The molecule has 3 aromatic rings. The van der Waals surface area contributed by atoms with Crippen molar-refractivity contribution in [2.45, 2.75) is 31.7 Å². The summed E-state index contributed by atoms with van der Waals surface area (Å²) >= 11 is 0. The third-order valence-corrected chi connectivity index (χ3v) is 7.62. The van der Waals surface area contributed by atoms with Crippen molar-refractivity contribution in [3.05, 3.63) is 72.4 Å². The van der Waals surface area contributed by atoms with Gasteiger partial charge in [0.05, 0.1) is 11.8 Å². The molecule has 1 aliphatic heterocycles. The number of imide groups is 1. The molecule has 6 rings (SSSR count). The van der Waals surface area contributed by atoms with E-state index in [0.717, 1.165) is 30.2 Å². The number of carbonyl (C=O) groups is 3. The van der Waals surface area contributed by atoms with Gasteiger partial charge in [-0.3, -0.25) is 19.5 Å². The Labute approximate surface area is 191 Å². The molecular weight excluding hydrogens is 416 g/mol. The van der Waals surface area contributed by atoms with Gasteiger partial charge in [0, 0.05) is 18.0 Å². The molecule has 166 valence electrons. The molecule has 33 heavy (non-hydrogen) atoms. The number of rotatable bonds is 5. The summed E-state index contributed by atoms with van der Waals surface area (Å²) in [4.78, 5) is 46.1. The maximum atomic E-state index is 13.5. The first kappa shape index (κ1) is 20.1. The standard InChI is InChI=1S/C27H24N2O4/c30-25-22-18-11-12-19(15-18)23(22)26(31)29(25)20(14-16-6-2-1-3-7-16)27(32)33-21-10-4-8-17-9-5-13-28-24(17)21/h1-10,13,18-20,22-23H,11-12,14-15H2/t18-,19+,20-,22+,23-/m1/s1. The lowest BCUT2D eigenvalue weighted by Crippen LogP contribution is -2.49. The highest BCUT2D eigenvalue weighted by Crippen LogP contribution is 2.56. The molecule has 2 aliphatic carbocycles. The molecule has 2 aromatic carbocycles. The number of amides is 2. The molecule has 2 saturated carbocycles. The highest BCUT2D eigenvalue weighted by molar-refractivity contribution is 6.09. The van der Waals surface area contributed by atoms with Crippen molar-refractivity contribution in [1.29, 1.82) is 0 Å². The number of ether oxygens (including phenoxy) is 1. The normalized spacial score (nSPS) is 26.6. The third kappa shape index (κ3) is 3.24. The molecule has 5 atom stereocenters. The summed E-state index contributed by atoms with van der Waals surface area (Å²) in [5, 5.41) is 0.849. The number of benzene rings is 2. The van der Waals surface area contributed by atoms with E-state index in [4.69, 9.17) is 4.74 Å². The predicted molar refractivity (Wildman–Crippen MR) is 121 cm³/mol. The van der Waals surface area contributed by atoms with Gasteiger partial charge in [-0.25, -0.2) is 4.79 Å². The summed E-state index contributed by atoms with van der Waals surface area (Å²) in [6, 6.07) is 17.6. The Morgan fingerprint density at radius 1 is 0.939 bits per heavy atom. The lowest BCUT2D eigenvalue weighted by Gasteiger charge is -2.26. The fourth-order valence-corrected chi connectivity index (χ4v) is 6.19. The number of likely N-dealkylation sites (tertiary alicyclic amines) is 1. The van der Waals surface area contributed by atoms with Crippen molar-refractivity contribution in [1.82, 2.24) is 9.88 Å². The second-order valence-electron chi connectivity index (χ2n) is 9.39.